The van der Waals surface area contributed by atoms with Gasteiger partial charge in [-0.25, -0.2) is 0 Å². The molecule has 3 nitrogen and oxygen atoms in total. The molecule has 0 atom stereocenters. The van der Waals surface area contributed by atoms with E-state index in [9.17, 15) is 0 Å². The molecule has 0 aliphatic carbocycles. The van der Waals surface area contributed by atoms with Gasteiger partial charge >= 0.3 is 0 Å². The van der Waals surface area contributed by atoms with Gasteiger partial charge in [-0.2, -0.15) is 0 Å². The summed E-state index contributed by atoms with van der Waals surface area (Å²) in [6.07, 6.45) is 1.85. The summed E-state index contributed by atoms with van der Waals surface area (Å²) in [4.78, 5) is 6.83. The van der Waals surface area contributed by atoms with Gasteiger partial charge in [0.1, 0.15) is 0 Å². The summed E-state index contributed by atoms with van der Waals surface area (Å²) in [6.45, 7) is 7.91. The van der Waals surface area contributed by atoms with Gasteiger partial charge in [0.25, 0.3) is 0 Å². The van der Waals surface area contributed by atoms with Crippen LogP contribution in [0.2, 0.25) is 0 Å². The fourth-order valence-corrected chi connectivity index (χ4v) is 2.11. The molecule has 0 amide bonds. The van der Waals surface area contributed by atoms with Crippen molar-refractivity contribution >= 4 is 15.9 Å². The highest BCUT2D eigenvalue weighted by molar-refractivity contribution is 9.10. The molecule has 88 valence electrons. The Kier molecular flexibility index (Phi) is 3.62. The SMILES string of the molecule is CC1(C)COCCN1Cc1ccc(Br)cn1. The van der Waals surface area contributed by atoms with Crippen molar-refractivity contribution in [2.24, 2.45) is 0 Å². The molecule has 0 N–H and O–H groups in total. The van der Waals surface area contributed by atoms with Crippen LogP contribution in [0.5, 0.6) is 0 Å². The van der Waals surface area contributed by atoms with Crippen LogP contribution in [0.3, 0.4) is 0 Å². The number of hydrogen-bond acceptors (Lipinski definition) is 3. The summed E-state index contributed by atoms with van der Waals surface area (Å²) in [7, 11) is 0. The number of halogens is 1. The van der Waals surface area contributed by atoms with E-state index in [0.717, 1.165) is 36.5 Å². The molecule has 0 radical (unpaired) electrons. The predicted molar refractivity (Wildman–Crippen MR) is 67.2 cm³/mol. The van der Waals surface area contributed by atoms with Crippen LogP contribution in [-0.4, -0.2) is 35.2 Å². The van der Waals surface area contributed by atoms with Gasteiger partial charge in [-0.05, 0) is 41.9 Å². The normalized spacial score (nSPS) is 20.9. The maximum atomic E-state index is 5.50. The van der Waals surface area contributed by atoms with E-state index >= 15 is 0 Å². The molecule has 1 aromatic heterocycles. The maximum absolute atomic E-state index is 5.50. The van der Waals surface area contributed by atoms with E-state index in [-0.39, 0.29) is 5.54 Å². The molecule has 0 aromatic carbocycles. The lowest BCUT2D eigenvalue weighted by atomic mass is 10.0. The minimum atomic E-state index is 0.104. The fraction of sp³-hybridized carbons (Fsp3) is 0.583. The molecule has 2 heterocycles. The van der Waals surface area contributed by atoms with Crippen molar-refractivity contribution in [2.75, 3.05) is 19.8 Å². The fourth-order valence-electron chi connectivity index (χ4n) is 1.88. The van der Waals surface area contributed by atoms with Gasteiger partial charge in [-0.15, -0.1) is 0 Å². The van der Waals surface area contributed by atoms with Crippen molar-refractivity contribution < 1.29 is 4.74 Å². The Hall–Kier alpha value is -0.450. The second-order valence-corrected chi connectivity index (χ2v) is 5.67. The van der Waals surface area contributed by atoms with Gasteiger partial charge in [-0.1, -0.05) is 0 Å². The van der Waals surface area contributed by atoms with E-state index in [1.165, 1.54) is 0 Å². The first kappa shape index (κ1) is 12.0. The molecule has 0 unspecified atom stereocenters. The molecule has 16 heavy (non-hydrogen) atoms. The van der Waals surface area contributed by atoms with Crippen LogP contribution in [0.15, 0.2) is 22.8 Å². The van der Waals surface area contributed by atoms with E-state index < -0.39 is 0 Å². The molecule has 1 fully saturated rings. The number of hydrogen-bond donors (Lipinski definition) is 0. The molecule has 0 spiro atoms. The summed E-state index contributed by atoms with van der Waals surface area (Å²) < 4.78 is 6.53. The van der Waals surface area contributed by atoms with Crippen LogP contribution >= 0.6 is 15.9 Å². The highest BCUT2D eigenvalue weighted by Gasteiger charge is 2.30. The molecule has 2 rings (SSSR count). The Labute approximate surface area is 105 Å². The maximum Gasteiger partial charge on any atom is 0.0645 e. The van der Waals surface area contributed by atoms with Crippen LogP contribution in [0.4, 0.5) is 0 Å². The van der Waals surface area contributed by atoms with Gasteiger partial charge in [0.2, 0.25) is 0 Å². The second kappa shape index (κ2) is 4.82. The van der Waals surface area contributed by atoms with Crippen molar-refractivity contribution in [2.45, 2.75) is 25.9 Å². The zero-order valence-corrected chi connectivity index (χ0v) is 11.3. The molecule has 1 saturated heterocycles. The number of ether oxygens (including phenoxy) is 1. The summed E-state index contributed by atoms with van der Waals surface area (Å²) >= 11 is 3.40. The molecule has 1 aromatic rings. The third-order valence-corrected chi connectivity index (χ3v) is 3.43. The van der Waals surface area contributed by atoms with Crippen LogP contribution in [0.25, 0.3) is 0 Å². The summed E-state index contributed by atoms with van der Waals surface area (Å²) in [5.41, 5.74) is 1.21. The number of aromatic nitrogens is 1. The first-order valence-electron chi connectivity index (χ1n) is 5.51. The third-order valence-electron chi connectivity index (χ3n) is 2.96. The number of rotatable bonds is 2. The van der Waals surface area contributed by atoms with E-state index in [1.807, 2.05) is 12.3 Å². The van der Waals surface area contributed by atoms with Gasteiger partial charge in [0.15, 0.2) is 0 Å². The third kappa shape index (κ3) is 2.81. The summed E-state index contributed by atoms with van der Waals surface area (Å²) in [6, 6.07) is 4.10. The molecule has 1 aliphatic heterocycles. The average molecular weight is 285 g/mol. The largest absolute Gasteiger partial charge is 0.378 e. The lowest BCUT2D eigenvalue weighted by Gasteiger charge is -2.41. The zero-order chi connectivity index (χ0) is 11.6. The second-order valence-electron chi connectivity index (χ2n) is 4.75. The van der Waals surface area contributed by atoms with Crippen molar-refractivity contribution in [3.63, 3.8) is 0 Å². The first-order valence-corrected chi connectivity index (χ1v) is 6.30. The quantitative estimate of drug-likeness (QED) is 0.834. The van der Waals surface area contributed by atoms with E-state index in [0.29, 0.717) is 0 Å². The van der Waals surface area contributed by atoms with Crippen molar-refractivity contribution in [1.29, 1.82) is 0 Å². The van der Waals surface area contributed by atoms with Crippen molar-refractivity contribution in [3.05, 3.63) is 28.5 Å². The highest BCUT2D eigenvalue weighted by Crippen LogP contribution is 2.21. The van der Waals surface area contributed by atoms with Crippen LogP contribution in [0.1, 0.15) is 19.5 Å². The Bertz CT molecular complexity index is 351. The van der Waals surface area contributed by atoms with Gasteiger partial charge in [0.05, 0.1) is 18.9 Å². The number of nitrogens with zero attached hydrogens (tertiary/aromatic N) is 2. The minimum absolute atomic E-state index is 0.104. The predicted octanol–water partition coefficient (Wildman–Crippen LogP) is 2.45. The Morgan fingerprint density at radius 2 is 2.31 bits per heavy atom. The molecular formula is C12H17BrN2O. The topological polar surface area (TPSA) is 25.4 Å². The summed E-state index contributed by atoms with van der Waals surface area (Å²) in [5.74, 6) is 0. The highest BCUT2D eigenvalue weighted by atomic mass is 79.9. The first-order chi connectivity index (χ1) is 7.58. The summed E-state index contributed by atoms with van der Waals surface area (Å²) in [5, 5.41) is 0. The standard InChI is InChI=1S/C12H17BrN2O/c1-12(2)9-16-6-5-15(12)8-11-4-3-10(13)7-14-11/h3-4,7H,5-6,8-9H2,1-2H3. The molecule has 4 heteroatoms. The number of morpholine rings is 1. The average Bonchev–Trinajstić information content (AvgIpc) is 2.24. The van der Waals surface area contributed by atoms with Crippen LogP contribution in [-0.2, 0) is 11.3 Å². The van der Waals surface area contributed by atoms with Gasteiger partial charge in [0, 0.05) is 29.3 Å². The van der Waals surface area contributed by atoms with Gasteiger partial charge in [-0.3, -0.25) is 9.88 Å². The van der Waals surface area contributed by atoms with Crippen LogP contribution < -0.4 is 0 Å². The molecule has 0 saturated carbocycles. The van der Waals surface area contributed by atoms with Crippen molar-refractivity contribution in [3.8, 4) is 0 Å². The van der Waals surface area contributed by atoms with E-state index in [4.69, 9.17) is 4.74 Å². The smallest absolute Gasteiger partial charge is 0.0645 e. The van der Waals surface area contributed by atoms with E-state index in [1.54, 1.807) is 0 Å². The van der Waals surface area contributed by atoms with Crippen molar-refractivity contribution in [1.82, 2.24) is 9.88 Å². The molecule has 1 aliphatic rings. The van der Waals surface area contributed by atoms with Gasteiger partial charge < -0.3 is 4.74 Å². The number of pyridine rings is 1. The zero-order valence-electron chi connectivity index (χ0n) is 9.74. The van der Waals surface area contributed by atoms with Crippen LogP contribution in [0, 0.1) is 0 Å². The molecule has 0 bridgehead atoms. The monoisotopic (exact) mass is 284 g/mol. The minimum Gasteiger partial charge on any atom is -0.378 e. The van der Waals surface area contributed by atoms with E-state index in [2.05, 4.69) is 45.7 Å². The Morgan fingerprint density at radius 1 is 1.50 bits per heavy atom. The lowest BCUT2D eigenvalue weighted by Crippen LogP contribution is -2.52. The molecular weight excluding hydrogens is 268 g/mol. The lowest BCUT2D eigenvalue weighted by molar-refractivity contribution is -0.0557. The Morgan fingerprint density at radius 3 is 2.94 bits per heavy atom. The Balaban J connectivity index is 2.05.